The quantitative estimate of drug-likeness (QED) is 0.673. The van der Waals surface area contributed by atoms with E-state index in [1.165, 1.54) is 6.42 Å². The van der Waals surface area contributed by atoms with Gasteiger partial charge in [0.15, 0.2) is 11.7 Å². The molecule has 0 unspecified atom stereocenters. The Kier molecular flexibility index (Phi) is 7.38. The lowest BCUT2D eigenvalue weighted by atomic mass is 9.94. The third kappa shape index (κ3) is 5.24. The Balaban J connectivity index is 1.67. The van der Waals surface area contributed by atoms with Gasteiger partial charge in [0.2, 0.25) is 5.91 Å². The number of hydrogen-bond donors (Lipinski definition) is 1. The molecule has 1 aliphatic carbocycles. The number of nitrogens with one attached hydrogen (secondary N) is 1. The lowest BCUT2D eigenvalue weighted by molar-refractivity contribution is -0.148. The first-order valence-electron chi connectivity index (χ1n) is 12.0. The number of carbonyl (C=O) groups is 2. The van der Waals surface area contributed by atoms with Gasteiger partial charge in [-0.3, -0.25) is 9.59 Å². The van der Waals surface area contributed by atoms with E-state index in [4.69, 9.17) is 14.7 Å². The van der Waals surface area contributed by atoms with Gasteiger partial charge in [-0.05, 0) is 44.7 Å². The third-order valence-electron chi connectivity index (χ3n) is 6.54. The Morgan fingerprint density at radius 2 is 1.88 bits per heavy atom. The predicted octanol–water partition coefficient (Wildman–Crippen LogP) is 3.47. The van der Waals surface area contributed by atoms with E-state index in [0.717, 1.165) is 38.5 Å². The maximum absolute atomic E-state index is 13.2. The molecule has 1 saturated heterocycles. The van der Waals surface area contributed by atoms with Gasteiger partial charge in [0, 0.05) is 19.1 Å². The Hall–Kier alpha value is -3.21. The van der Waals surface area contributed by atoms with Gasteiger partial charge in [-0.25, -0.2) is 9.97 Å². The first-order valence-corrected chi connectivity index (χ1v) is 12.0. The second-order valence-electron chi connectivity index (χ2n) is 8.86. The van der Waals surface area contributed by atoms with Crippen LogP contribution in [0.2, 0.25) is 0 Å². The summed E-state index contributed by atoms with van der Waals surface area (Å²) < 4.78 is 5.24. The first kappa shape index (κ1) is 23.0. The van der Waals surface area contributed by atoms with E-state index in [2.05, 4.69) is 11.4 Å². The van der Waals surface area contributed by atoms with Crippen molar-refractivity contribution >= 4 is 28.7 Å². The minimum atomic E-state index is -1.07. The number of esters is 1. The summed E-state index contributed by atoms with van der Waals surface area (Å²) in [6.45, 7) is 3.25. The summed E-state index contributed by atoms with van der Waals surface area (Å²) in [5.41, 5.74) is 1.69. The van der Waals surface area contributed by atoms with E-state index in [0.29, 0.717) is 42.2 Å². The first-order chi connectivity index (χ1) is 16.1. The van der Waals surface area contributed by atoms with Gasteiger partial charge in [-0.15, -0.1) is 0 Å². The topological polar surface area (TPSA) is 108 Å². The van der Waals surface area contributed by atoms with E-state index < -0.39 is 5.92 Å². The Labute approximate surface area is 194 Å². The van der Waals surface area contributed by atoms with Crippen LogP contribution in [0.3, 0.4) is 0 Å². The number of para-hydroxylation sites is 2. The molecule has 1 amide bonds. The third-order valence-corrected chi connectivity index (χ3v) is 6.54. The van der Waals surface area contributed by atoms with Crippen molar-refractivity contribution in [2.45, 2.75) is 63.8 Å². The molecule has 1 saturated carbocycles. The molecule has 2 aromatic rings. The number of fused-ring (bicyclic) bond motifs is 1. The molecule has 4 rings (SSSR count). The molecule has 1 aliphatic heterocycles. The van der Waals surface area contributed by atoms with Crippen LogP contribution in [-0.2, 0) is 14.3 Å². The Morgan fingerprint density at radius 1 is 1.15 bits per heavy atom. The molecule has 2 aliphatic rings. The standard InChI is InChI=1S/C25H31N5O3/c1-2-33-25(32)17-9-8-14-30(16-17)23-22(28-20-12-6-7-13-21(20)29-23)19(15-26)24(31)27-18-10-4-3-5-11-18/h6-7,12-13,17-19H,2-5,8-11,14,16H2,1H3,(H,27,31)/t17-,19-/m1/s1. The van der Waals surface area contributed by atoms with Gasteiger partial charge < -0.3 is 15.0 Å². The van der Waals surface area contributed by atoms with Crippen molar-refractivity contribution in [2.24, 2.45) is 5.92 Å². The maximum atomic E-state index is 13.2. The molecule has 8 heteroatoms. The normalized spacial score (nSPS) is 20.1. The highest BCUT2D eigenvalue weighted by Gasteiger charge is 2.34. The van der Waals surface area contributed by atoms with Crippen LogP contribution in [0, 0.1) is 17.2 Å². The smallest absolute Gasteiger partial charge is 0.310 e. The SMILES string of the molecule is CCOC(=O)[C@@H]1CCCN(c2nc3ccccc3nc2[C@@H](C#N)C(=O)NC2CCCCC2)C1. The Morgan fingerprint density at radius 3 is 2.58 bits per heavy atom. The summed E-state index contributed by atoms with van der Waals surface area (Å²) in [5, 5.41) is 13.1. The highest BCUT2D eigenvalue weighted by Crippen LogP contribution is 2.31. The summed E-state index contributed by atoms with van der Waals surface area (Å²) in [5.74, 6) is -1.37. The largest absolute Gasteiger partial charge is 0.466 e. The van der Waals surface area contributed by atoms with Crippen molar-refractivity contribution in [3.8, 4) is 6.07 Å². The van der Waals surface area contributed by atoms with E-state index in [1.54, 1.807) is 6.92 Å². The molecule has 2 heterocycles. The molecule has 33 heavy (non-hydrogen) atoms. The van der Waals surface area contributed by atoms with Gasteiger partial charge in [0.05, 0.1) is 29.6 Å². The molecule has 1 aromatic heterocycles. The fraction of sp³-hybridized carbons (Fsp3) is 0.560. The van der Waals surface area contributed by atoms with Crippen LogP contribution in [0.1, 0.15) is 63.5 Å². The molecule has 8 nitrogen and oxygen atoms in total. The maximum Gasteiger partial charge on any atom is 0.310 e. The van der Waals surface area contributed by atoms with Crippen molar-refractivity contribution < 1.29 is 14.3 Å². The summed E-state index contributed by atoms with van der Waals surface area (Å²) in [4.78, 5) is 37.1. The van der Waals surface area contributed by atoms with Gasteiger partial charge in [-0.2, -0.15) is 5.26 Å². The monoisotopic (exact) mass is 449 g/mol. The number of benzene rings is 1. The summed E-state index contributed by atoms with van der Waals surface area (Å²) in [7, 11) is 0. The molecular formula is C25H31N5O3. The fourth-order valence-corrected chi connectivity index (χ4v) is 4.83. The fourth-order valence-electron chi connectivity index (χ4n) is 4.83. The summed E-state index contributed by atoms with van der Waals surface area (Å²) >= 11 is 0. The molecular weight excluding hydrogens is 418 g/mol. The van der Waals surface area contributed by atoms with Crippen molar-refractivity contribution in [3.63, 3.8) is 0 Å². The number of amides is 1. The highest BCUT2D eigenvalue weighted by molar-refractivity contribution is 5.89. The molecule has 0 radical (unpaired) electrons. The van der Waals surface area contributed by atoms with Gasteiger partial charge >= 0.3 is 5.97 Å². The van der Waals surface area contributed by atoms with E-state index in [-0.39, 0.29) is 23.8 Å². The number of hydrogen-bond acceptors (Lipinski definition) is 7. The van der Waals surface area contributed by atoms with E-state index >= 15 is 0 Å². The van der Waals surface area contributed by atoms with Gasteiger partial charge in [0.1, 0.15) is 5.69 Å². The number of rotatable bonds is 6. The average molecular weight is 450 g/mol. The minimum absolute atomic E-state index is 0.0992. The number of anilines is 1. The van der Waals surface area contributed by atoms with Crippen LogP contribution in [0.4, 0.5) is 5.82 Å². The van der Waals surface area contributed by atoms with Crippen molar-refractivity contribution in [1.29, 1.82) is 5.26 Å². The molecule has 0 bridgehead atoms. The van der Waals surface area contributed by atoms with Crippen LogP contribution in [0.15, 0.2) is 24.3 Å². The molecule has 0 spiro atoms. The van der Waals surface area contributed by atoms with Gasteiger partial charge in [0.25, 0.3) is 0 Å². The van der Waals surface area contributed by atoms with Crippen molar-refractivity contribution in [2.75, 3.05) is 24.6 Å². The molecule has 1 N–H and O–H groups in total. The zero-order valence-electron chi connectivity index (χ0n) is 19.1. The highest BCUT2D eigenvalue weighted by atomic mass is 16.5. The molecule has 2 fully saturated rings. The number of nitrogens with zero attached hydrogens (tertiary/aromatic N) is 4. The van der Waals surface area contributed by atoms with E-state index in [9.17, 15) is 14.9 Å². The summed E-state index contributed by atoms with van der Waals surface area (Å²) in [6.07, 6.45) is 6.78. The lowest BCUT2D eigenvalue weighted by Gasteiger charge is -2.34. The number of aromatic nitrogens is 2. The number of nitriles is 1. The number of piperidine rings is 1. The zero-order valence-corrected chi connectivity index (χ0v) is 19.1. The van der Waals surface area contributed by atoms with Crippen LogP contribution in [0.25, 0.3) is 11.0 Å². The molecule has 2 atom stereocenters. The minimum Gasteiger partial charge on any atom is -0.466 e. The van der Waals surface area contributed by atoms with Crippen LogP contribution >= 0.6 is 0 Å². The Bertz CT molecular complexity index is 1040. The van der Waals surface area contributed by atoms with Crippen molar-refractivity contribution in [1.82, 2.24) is 15.3 Å². The van der Waals surface area contributed by atoms with Crippen LogP contribution in [0.5, 0.6) is 0 Å². The van der Waals surface area contributed by atoms with Gasteiger partial charge in [-0.1, -0.05) is 31.4 Å². The lowest BCUT2D eigenvalue weighted by Crippen LogP contribution is -2.42. The van der Waals surface area contributed by atoms with E-state index in [1.807, 2.05) is 29.2 Å². The van der Waals surface area contributed by atoms with Crippen LogP contribution in [-0.4, -0.2) is 47.6 Å². The van der Waals surface area contributed by atoms with Crippen LogP contribution < -0.4 is 10.2 Å². The average Bonchev–Trinajstić information content (AvgIpc) is 2.85. The van der Waals surface area contributed by atoms with Crippen molar-refractivity contribution in [3.05, 3.63) is 30.0 Å². The molecule has 174 valence electrons. The summed E-state index contributed by atoms with van der Waals surface area (Å²) in [6, 6.07) is 9.72. The predicted molar refractivity (Wildman–Crippen MR) is 124 cm³/mol. The zero-order chi connectivity index (χ0) is 23.2. The second-order valence-corrected chi connectivity index (χ2v) is 8.86. The second kappa shape index (κ2) is 10.6. The number of carbonyl (C=O) groups excluding carboxylic acids is 2. The number of ether oxygens (including phenoxy) is 1. The molecule has 1 aromatic carbocycles.